The van der Waals surface area contributed by atoms with Gasteiger partial charge in [0.1, 0.15) is 6.54 Å². The first-order valence-electron chi connectivity index (χ1n) is 8.79. The Morgan fingerprint density at radius 2 is 1.85 bits per heavy atom. The zero-order valence-electron chi connectivity index (χ0n) is 14.9. The second-order valence-corrected chi connectivity index (χ2v) is 6.31. The van der Waals surface area contributed by atoms with Gasteiger partial charge in [-0.05, 0) is 19.1 Å². The molecule has 0 aliphatic carbocycles. The molecule has 8 heteroatoms. The molecule has 1 aromatic carbocycles. The fourth-order valence-corrected chi connectivity index (χ4v) is 3.08. The molecular formula is C18H23N5O3. The van der Waals surface area contributed by atoms with Crippen molar-refractivity contribution in [2.24, 2.45) is 0 Å². The minimum Gasteiger partial charge on any atom is -0.355 e. The van der Waals surface area contributed by atoms with Crippen LogP contribution >= 0.6 is 0 Å². The van der Waals surface area contributed by atoms with Crippen molar-refractivity contribution in [3.63, 3.8) is 0 Å². The quantitative estimate of drug-likeness (QED) is 0.792. The number of piperazine rings is 1. The number of fused-ring (bicyclic) bond motifs is 1. The van der Waals surface area contributed by atoms with Crippen molar-refractivity contribution in [1.29, 1.82) is 0 Å². The van der Waals surface area contributed by atoms with E-state index in [9.17, 15) is 14.4 Å². The Morgan fingerprint density at radius 3 is 2.58 bits per heavy atom. The number of nitrogens with one attached hydrogen (secondary N) is 1. The van der Waals surface area contributed by atoms with E-state index in [0.717, 1.165) is 0 Å². The Balaban J connectivity index is 1.59. The van der Waals surface area contributed by atoms with Crippen LogP contribution in [0.25, 0.3) is 10.9 Å². The average Bonchev–Trinajstić information content (AvgIpc) is 2.65. The molecule has 0 bridgehead atoms. The number of benzene rings is 1. The number of carbonyl (C=O) groups is 2. The number of rotatable bonds is 5. The summed E-state index contributed by atoms with van der Waals surface area (Å²) < 4.78 is 1.35. The van der Waals surface area contributed by atoms with Crippen LogP contribution in [0, 0.1) is 0 Å². The molecule has 2 heterocycles. The fraction of sp³-hybridized carbons (Fsp3) is 0.444. The Labute approximate surface area is 151 Å². The molecule has 0 atom stereocenters. The largest absolute Gasteiger partial charge is 0.355 e. The number of carbonyl (C=O) groups excluding carboxylic acids is 2. The summed E-state index contributed by atoms with van der Waals surface area (Å²) in [5.41, 5.74) is 0.416. The van der Waals surface area contributed by atoms with E-state index in [2.05, 4.69) is 10.3 Å². The molecule has 1 aliphatic rings. The van der Waals surface area contributed by atoms with Crippen LogP contribution in [-0.2, 0) is 16.1 Å². The highest BCUT2D eigenvalue weighted by atomic mass is 16.2. The van der Waals surface area contributed by atoms with Crippen molar-refractivity contribution < 1.29 is 9.59 Å². The van der Waals surface area contributed by atoms with Crippen LogP contribution in [0.4, 0.5) is 0 Å². The zero-order chi connectivity index (χ0) is 18.5. The van der Waals surface area contributed by atoms with E-state index in [-0.39, 0.29) is 23.9 Å². The molecular weight excluding hydrogens is 334 g/mol. The number of amides is 2. The molecule has 1 saturated heterocycles. The van der Waals surface area contributed by atoms with Crippen molar-refractivity contribution >= 4 is 22.7 Å². The minimum absolute atomic E-state index is 0.000988. The fourth-order valence-electron chi connectivity index (χ4n) is 3.08. The molecule has 1 aromatic heterocycles. The summed E-state index contributed by atoms with van der Waals surface area (Å²) in [5.74, 6) is -0.108. The summed E-state index contributed by atoms with van der Waals surface area (Å²) in [7, 11) is 0. The highest BCUT2D eigenvalue weighted by Crippen LogP contribution is 2.06. The van der Waals surface area contributed by atoms with Crippen molar-refractivity contribution in [2.45, 2.75) is 13.5 Å². The maximum atomic E-state index is 12.5. The van der Waals surface area contributed by atoms with Crippen molar-refractivity contribution in [3.8, 4) is 0 Å². The third-order valence-corrected chi connectivity index (χ3v) is 4.50. The van der Waals surface area contributed by atoms with Crippen LogP contribution in [0.5, 0.6) is 0 Å². The topological polar surface area (TPSA) is 87.5 Å². The lowest BCUT2D eigenvalue weighted by Gasteiger charge is -2.34. The predicted molar refractivity (Wildman–Crippen MR) is 97.7 cm³/mol. The van der Waals surface area contributed by atoms with Gasteiger partial charge in [-0.3, -0.25) is 23.9 Å². The molecule has 1 fully saturated rings. The van der Waals surface area contributed by atoms with E-state index in [0.29, 0.717) is 50.2 Å². The molecule has 138 valence electrons. The molecule has 2 aromatic rings. The van der Waals surface area contributed by atoms with Gasteiger partial charge in [-0.2, -0.15) is 0 Å². The van der Waals surface area contributed by atoms with Gasteiger partial charge >= 0.3 is 0 Å². The van der Waals surface area contributed by atoms with E-state index in [4.69, 9.17) is 0 Å². The van der Waals surface area contributed by atoms with Gasteiger partial charge in [-0.25, -0.2) is 4.98 Å². The molecule has 26 heavy (non-hydrogen) atoms. The molecule has 0 saturated carbocycles. The molecule has 1 aliphatic heterocycles. The van der Waals surface area contributed by atoms with Crippen molar-refractivity contribution in [1.82, 2.24) is 24.7 Å². The van der Waals surface area contributed by atoms with Crippen LogP contribution in [0.3, 0.4) is 0 Å². The van der Waals surface area contributed by atoms with Crippen LogP contribution in [-0.4, -0.2) is 70.4 Å². The number of aromatic nitrogens is 2. The first-order valence-corrected chi connectivity index (χ1v) is 8.79. The van der Waals surface area contributed by atoms with Gasteiger partial charge in [0, 0.05) is 32.7 Å². The first kappa shape index (κ1) is 18.1. The zero-order valence-corrected chi connectivity index (χ0v) is 14.9. The van der Waals surface area contributed by atoms with Crippen molar-refractivity contribution in [3.05, 3.63) is 40.9 Å². The normalized spacial score (nSPS) is 15.2. The van der Waals surface area contributed by atoms with E-state index >= 15 is 0 Å². The summed E-state index contributed by atoms with van der Waals surface area (Å²) in [6.07, 6.45) is 1.42. The predicted octanol–water partition coefficient (Wildman–Crippen LogP) is -0.323. The second-order valence-electron chi connectivity index (χ2n) is 6.31. The summed E-state index contributed by atoms with van der Waals surface area (Å²) >= 11 is 0. The smallest absolute Gasteiger partial charge is 0.261 e. The van der Waals surface area contributed by atoms with Gasteiger partial charge in [0.2, 0.25) is 11.8 Å². The highest BCUT2D eigenvalue weighted by Gasteiger charge is 2.22. The lowest BCUT2D eigenvalue weighted by molar-refractivity contribution is -0.134. The lowest BCUT2D eigenvalue weighted by atomic mass is 10.2. The number of nitrogens with zero attached hydrogens (tertiary/aromatic N) is 4. The molecule has 2 amide bonds. The third kappa shape index (κ3) is 4.08. The Hall–Kier alpha value is -2.74. The van der Waals surface area contributed by atoms with E-state index in [1.54, 1.807) is 23.1 Å². The summed E-state index contributed by atoms with van der Waals surface area (Å²) in [4.78, 5) is 44.6. The average molecular weight is 357 g/mol. The third-order valence-electron chi connectivity index (χ3n) is 4.50. The molecule has 0 unspecified atom stereocenters. The first-order chi connectivity index (χ1) is 12.6. The number of para-hydroxylation sites is 1. The second kappa shape index (κ2) is 8.09. The maximum absolute atomic E-state index is 12.5. The van der Waals surface area contributed by atoms with E-state index < -0.39 is 0 Å². The SMILES string of the molecule is CCNC(=O)CN1CCN(C(=O)Cn2cnc3ccccc3c2=O)CC1. The van der Waals surface area contributed by atoms with Crippen LogP contribution < -0.4 is 10.9 Å². The summed E-state index contributed by atoms with van der Waals surface area (Å²) in [6, 6.07) is 7.10. The Morgan fingerprint density at radius 1 is 1.12 bits per heavy atom. The lowest BCUT2D eigenvalue weighted by Crippen LogP contribution is -2.52. The summed E-state index contributed by atoms with van der Waals surface area (Å²) in [6.45, 7) is 5.23. The van der Waals surface area contributed by atoms with E-state index in [1.807, 2.05) is 17.9 Å². The van der Waals surface area contributed by atoms with Crippen LogP contribution in [0.15, 0.2) is 35.4 Å². The van der Waals surface area contributed by atoms with Gasteiger partial charge in [0.05, 0.1) is 23.8 Å². The maximum Gasteiger partial charge on any atom is 0.261 e. The number of hydrogen-bond donors (Lipinski definition) is 1. The molecule has 0 radical (unpaired) electrons. The molecule has 1 N–H and O–H groups in total. The van der Waals surface area contributed by atoms with Gasteiger partial charge in [-0.1, -0.05) is 12.1 Å². The van der Waals surface area contributed by atoms with Crippen LogP contribution in [0.2, 0.25) is 0 Å². The molecule has 0 spiro atoms. The van der Waals surface area contributed by atoms with Gasteiger partial charge in [-0.15, -0.1) is 0 Å². The Bertz CT molecular complexity index is 855. The van der Waals surface area contributed by atoms with Crippen LogP contribution in [0.1, 0.15) is 6.92 Å². The molecule has 8 nitrogen and oxygen atoms in total. The van der Waals surface area contributed by atoms with Crippen molar-refractivity contribution in [2.75, 3.05) is 39.3 Å². The molecule has 3 rings (SSSR count). The monoisotopic (exact) mass is 357 g/mol. The minimum atomic E-state index is -0.209. The number of likely N-dealkylation sites (N-methyl/N-ethyl adjacent to an activating group) is 1. The van der Waals surface area contributed by atoms with Gasteiger partial charge in [0.15, 0.2) is 0 Å². The number of hydrogen-bond acceptors (Lipinski definition) is 5. The van der Waals surface area contributed by atoms with Gasteiger partial charge in [0.25, 0.3) is 5.56 Å². The summed E-state index contributed by atoms with van der Waals surface area (Å²) in [5, 5.41) is 3.28. The standard InChI is InChI=1S/C18H23N5O3/c1-2-19-16(24)11-21-7-9-22(10-8-21)17(25)12-23-13-20-15-6-4-3-5-14(15)18(23)26/h3-6,13H,2,7-12H2,1H3,(H,19,24). The highest BCUT2D eigenvalue weighted by molar-refractivity contribution is 5.79. The van der Waals surface area contributed by atoms with E-state index in [1.165, 1.54) is 10.9 Å². The van der Waals surface area contributed by atoms with Gasteiger partial charge < -0.3 is 10.2 Å². The Kier molecular flexibility index (Phi) is 5.62.